The van der Waals surface area contributed by atoms with Crippen molar-refractivity contribution < 1.29 is 13.3 Å². The number of hydrogen-bond donors (Lipinski definition) is 0. The molecule has 0 aliphatic carbocycles. The number of furan rings is 3. The van der Waals surface area contributed by atoms with Crippen molar-refractivity contribution in [2.45, 2.75) is 0 Å². The third-order valence-electron chi connectivity index (χ3n) is 12.1. The fraction of sp³-hybridized carbons (Fsp3) is 0. The number of hydrogen-bond acceptors (Lipinski definition) is 5. The smallest absolute Gasteiger partial charge is 0.137 e. The fourth-order valence-corrected chi connectivity index (χ4v) is 9.27. The molecule has 0 fully saturated rings. The molecule has 0 N–H and O–H groups in total. The number of para-hydroxylation sites is 4. The molecule has 0 saturated carbocycles. The minimum atomic E-state index is 0.857. The van der Waals surface area contributed by atoms with Crippen LogP contribution in [-0.4, -0.2) is 0 Å². The lowest BCUT2D eigenvalue weighted by molar-refractivity contribution is 0.668. The Morgan fingerprint density at radius 2 is 0.574 bits per heavy atom. The molecule has 5 nitrogen and oxygen atoms in total. The van der Waals surface area contributed by atoms with Crippen LogP contribution >= 0.6 is 0 Å². The van der Waals surface area contributed by atoms with Gasteiger partial charge in [0.05, 0.1) is 0 Å². The number of benzene rings is 10. The molecule has 0 radical (unpaired) electrons. The zero-order chi connectivity index (χ0) is 40.0. The Balaban J connectivity index is 0.911. The average Bonchev–Trinajstić information content (AvgIpc) is 3.98. The van der Waals surface area contributed by atoms with Gasteiger partial charge in [-0.25, -0.2) is 0 Å². The summed E-state index contributed by atoms with van der Waals surface area (Å²) in [4.78, 5) is 4.57. The van der Waals surface area contributed by atoms with E-state index >= 15 is 0 Å². The summed E-state index contributed by atoms with van der Waals surface area (Å²) in [5.74, 6) is 0. The van der Waals surface area contributed by atoms with Crippen LogP contribution in [-0.2, 0) is 0 Å². The highest BCUT2D eigenvalue weighted by Gasteiger charge is 2.19. The Labute approximate surface area is 349 Å². The predicted octanol–water partition coefficient (Wildman–Crippen LogP) is 16.6. The van der Waals surface area contributed by atoms with Crippen LogP contribution in [0.25, 0.3) is 87.4 Å². The number of nitrogens with zero attached hydrogens (tertiary/aromatic N) is 2. The Morgan fingerprint density at radius 1 is 0.213 bits per heavy atom. The van der Waals surface area contributed by atoms with Gasteiger partial charge in [-0.05, 0) is 131 Å². The van der Waals surface area contributed by atoms with Crippen LogP contribution in [0.4, 0.5) is 34.1 Å². The SMILES string of the molecule is c1ccc(N(c2ccc3cc4c(cc3c2)oc2cc3cc(N(c5ccccc5)c5ccc6c(c5)oc5ccccc56)ccc3cc24)c2ccc3c(c2)oc2ccccc23)cc1. The lowest BCUT2D eigenvalue weighted by Crippen LogP contribution is -2.09. The topological polar surface area (TPSA) is 45.9 Å². The van der Waals surface area contributed by atoms with E-state index in [2.05, 4.69) is 192 Å². The minimum Gasteiger partial charge on any atom is -0.456 e. The van der Waals surface area contributed by atoms with Crippen molar-refractivity contribution in [3.8, 4) is 0 Å². The lowest BCUT2D eigenvalue weighted by atomic mass is 10.0. The van der Waals surface area contributed by atoms with Crippen molar-refractivity contribution >= 4 is 121 Å². The highest BCUT2D eigenvalue weighted by Crippen LogP contribution is 2.43. The number of rotatable bonds is 6. The van der Waals surface area contributed by atoms with Crippen molar-refractivity contribution in [3.63, 3.8) is 0 Å². The molecule has 0 aliphatic rings. The zero-order valence-electron chi connectivity index (χ0n) is 32.7. The van der Waals surface area contributed by atoms with Crippen molar-refractivity contribution in [2.75, 3.05) is 9.80 Å². The van der Waals surface area contributed by atoms with Crippen molar-refractivity contribution in [1.82, 2.24) is 0 Å². The highest BCUT2D eigenvalue weighted by atomic mass is 16.3. The third kappa shape index (κ3) is 5.41. The molecule has 0 atom stereocenters. The average molecular weight is 783 g/mol. The Bertz CT molecular complexity index is 3590. The summed E-state index contributed by atoms with van der Waals surface area (Å²) >= 11 is 0. The molecule has 5 heteroatoms. The molecule has 0 bridgehead atoms. The molecule has 0 unspecified atom stereocenters. The van der Waals surface area contributed by atoms with Crippen LogP contribution in [0.3, 0.4) is 0 Å². The highest BCUT2D eigenvalue weighted by molar-refractivity contribution is 6.14. The maximum absolute atomic E-state index is 6.71. The number of fused-ring (bicyclic) bond motifs is 11. The molecule has 13 aromatic rings. The molecule has 13 rings (SSSR count). The van der Waals surface area contributed by atoms with Crippen LogP contribution in [0.5, 0.6) is 0 Å². The van der Waals surface area contributed by atoms with Gasteiger partial charge in [0.2, 0.25) is 0 Å². The largest absolute Gasteiger partial charge is 0.456 e. The summed E-state index contributed by atoms with van der Waals surface area (Å²) in [5.41, 5.74) is 11.5. The van der Waals surface area contributed by atoms with E-state index in [0.717, 1.165) is 121 Å². The summed E-state index contributed by atoms with van der Waals surface area (Å²) in [6.45, 7) is 0. The van der Waals surface area contributed by atoms with E-state index in [1.807, 2.05) is 24.3 Å². The first-order valence-corrected chi connectivity index (χ1v) is 20.6. The van der Waals surface area contributed by atoms with Crippen molar-refractivity contribution in [3.05, 3.63) is 206 Å². The summed E-state index contributed by atoms with van der Waals surface area (Å²) in [6, 6.07) is 72.6. The van der Waals surface area contributed by atoms with E-state index < -0.39 is 0 Å². The molecule has 61 heavy (non-hydrogen) atoms. The van der Waals surface area contributed by atoms with E-state index in [-0.39, 0.29) is 0 Å². The van der Waals surface area contributed by atoms with Gasteiger partial charge in [0.1, 0.15) is 33.5 Å². The second-order valence-electron chi connectivity index (χ2n) is 15.8. The van der Waals surface area contributed by atoms with Crippen LogP contribution < -0.4 is 9.80 Å². The lowest BCUT2D eigenvalue weighted by Gasteiger charge is -2.25. The summed E-state index contributed by atoms with van der Waals surface area (Å²) in [6.07, 6.45) is 0. The maximum atomic E-state index is 6.71. The third-order valence-corrected chi connectivity index (χ3v) is 12.1. The van der Waals surface area contributed by atoms with Crippen molar-refractivity contribution in [2.24, 2.45) is 0 Å². The van der Waals surface area contributed by atoms with Gasteiger partial charge < -0.3 is 23.1 Å². The zero-order valence-corrected chi connectivity index (χ0v) is 32.7. The maximum Gasteiger partial charge on any atom is 0.137 e. The van der Waals surface area contributed by atoms with Crippen LogP contribution in [0.2, 0.25) is 0 Å². The molecule has 3 aromatic heterocycles. The van der Waals surface area contributed by atoms with Gasteiger partial charge in [-0.15, -0.1) is 0 Å². The first-order chi connectivity index (χ1) is 30.2. The van der Waals surface area contributed by atoms with Gasteiger partial charge in [0.15, 0.2) is 0 Å². The normalized spacial score (nSPS) is 11.9. The van der Waals surface area contributed by atoms with Gasteiger partial charge in [-0.1, -0.05) is 84.9 Å². The number of anilines is 6. The van der Waals surface area contributed by atoms with Gasteiger partial charge >= 0.3 is 0 Å². The molecule has 0 aliphatic heterocycles. The Morgan fingerprint density at radius 3 is 1.05 bits per heavy atom. The molecule has 10 aromatic carbocycles. The molecule has 0 spiro atoms. The summed E-state index contributed by atoms with van der Waals surface area (Å²) in [7, 11) is 0. The minimum absolute atomic E-state index is 0.857. The summed E-state index contributed by atoms with van der Waals surface area (Å²) < 4.78 is 19.4. The van der Waals surface area contributed by atoms with Gasteiger partial charge in [0.25, 0.3) is 0 Å². The van der Waals surface area contributed by atoms with E-state index in [1.165, 1.54) is 0 Å². The van der Waals surface area contributed by atoms with E-state index in [4.69, 9.17) is 13.3 Å². The van der Waals surface area contributed by atoms with Crippen LogP contribution in [0.1, 0.15) is 0 Å². The molecule has 0 saturated heterocycles. The van der Waals surface area contributed by atoms with Gasteiger partial charge in [0, 0.05) is 78.6 Å². The van der Waals surface area contributed by atoms with Gasteiger partial charge in [-0.2, -0.15) is 0 Å². The summed E-state index contributed by atoms with van der Waals surface area (Å²) in [5, 5.41) is 11.1. The van der Waals surface area contributed by atoms with Crippen LogP contribution in [0.15, 0.2) is 220 Å². The standard InChI is InChI=1S/C56H34N2O3/c1-3-11-39(12-4-1)57(43-23-25-47-45-15-7-9-17-51(45)59-55(47)33-43)41-21-19-35-29-49-50-30-36-20-22-42(28-38(36)32-54(50)61-53(49)31-37(35)27-41)58(40-13-5-2-6-14-40)44-24-26-48-46-16-8-10-18-52(46)60-56(48)34-44/h1-34H. The molecule has 3 heterocycles. The predicted molar refractivity (Wildman–Crippen MR) is 253 cm³/mol. The van der Waals surface area contributed by atoms with Crippen LogP contribution in [0, 0.1) is 0 Å². The molecule has 0 amide bonds. The second-order valence-corrected chi connectivity index (χ2v) is 15.8. The molecule has 286 valence electrons. The fourth-order valence-electron chi connectivity index (χ4n) is 9.27. The van der Waals surface area contributed by atoms with E-state index in [1.54, 1.807) is 0 Å². The van der Waals surface area contributed by atoms with Gasteiger partial charge in [-0.3, -0.25) is 0 Å². The van der Waals surface area contributed by atoms with Crippen molar-refractivity contribution in [1.29, 1.82) is 0 Å². The monoisotopic (exact) mass is 782 g/mol. The first kappa shape index (κ1) is 33.7. The molecular formula is C56H34N2O3. The Hall–Kier alpha value is -8.28. The van der Waals surface area contributed by atoms with E-state index in [0.29, 0.717) is 0 Å². The Kier molecular flexibility index (Phi) is 7.24. The second kappa shape index (κ2) is 13.1. The van der Waals surface area contributed by atoms with E-state index in [9.17, 15) is 0 Å². The quantitative estimate of drug-likeness (QED) is 0.168. The first-order valence-electron chi connectivity index (χ1n) is 20.6. The molecular weight excluding hydrogens is 749 g/mol.